The molecule has 5 heteroatoms. The van der Waals surface area contributed by atoms with Gasteiger partial charge < -0.3 is 14.7 Å². The number of carbonyl (C=O) groups excluding carboxylic acids is 1. The van der Waals surface area contributed by atoms with Gasteiger partial charge >= 0.3 is 0 Å². The maximum Gasteiger partial charge on any atom is 0.168 e. The first-order chi connectivity index (χ1) is 11.6. The van der Waals surface area contributed by atoms with E-state index in [0.717, 1.165) is 19.3 Å². The summed E-state index contributed by atoms with van der Waals surface area (Å²) in [5.74, 6) is 0.629. The van der Waals surface area contributed by atoms with Crippen LogP contribution in [0.5, 0.6) is 0 Å². The lowest BCUT2D eigenvalue weighted by atomic mass is 9.75. The molecule has 1 fully saturated rings. The monoisotopic (exact) mass is 335 g/mol. The van der Waals surface area contributed by atoms with E-state index < -0.39 is 0 Å². The van der Waals surface area contributed by atoms with Crippen LogP contribution in [0.1, 0.15) is 52.4 Å². The molecule has 1 aliphatic carbocycles. The number of nitrogens with zero attached hydrogens (tertiary/aromatic N) is 1. The number of aliphatic hydroxyl groups is 1. The number of carbonyl (C=O) groups is 1. The third-order valence-corrected chi connectivity index (χ3v) is 4.82. The van der Waals surface area contributed by atoms with Crippen molar-refractivity contribution in [3.8, 4) is 0 Å². The Morgan fingerprint density at radius 2 is 2.21 bits per heavy atom. The van der Waals surface area contributed by atoms with Gasteiger partial charge in [-0.3, -0.25) is 4.79 Å². The maximum atomic E-state index is 12.7. The predicted molar refractivity (Wildman–Crippen MR) is 94.0 cm³/mol. The molecule has 0 aromatic heterocycles. The van der Waals surface area contributed by atoms with E-state index in [1.807, 2.05) is 6.92 Å². The summed E-state index contributed by atoms with van der Waals surface area (Å²) < 4.78 is 5.73. The van der Waals surface area contributed by atoms with Crippen LogP contribution in [0.15, 0.2) is 29.1 Å². The van der Waals surface area contributed by atoms with E-state index in [0.29, 0.717) is 49.2 Å². The van der Waals surface area contributed by atoms with Crippen LogP contribution in [-0.2, 0) is 14.4 Å². The summed E-state index contributed by atoms with van der Waals surface area (Å²) in [6.07, 6.45) is 6.38. The quantitative estimate of drug-likeness (QED) is 0.331. The summed E-state index contributed by atoms with van der Waals surface area (Å²) in [6, 6.07) is 0. The fraction of sp³-hybridized carbons (Fsp3) is 0.684. The number of rotatable bonds is 7. The Morgan fingerprint density at radius 3 is 2.79 bits per heavy atom. The highest BCUT2D eigenvalue weighted by atomic mass is 16.6. The van der Waals surface area contributed by atoms with Gasteiger partial charge in [-0.15, -0.1) is 0 Å². The zero-order valence-corrected chi connectivity index (χ0v) is 14.8. The Kier molecular flexibility index (Phi) is 7.03. The minimum atomic E-state index is -0.0308. The molecule has 2 aliphatic rings. The molecule has 2 rings (SSSR count). The Bertz CT molecular complexity index is 515. The second kappa shape index (κ2) is 9.02. The SMILES string of the molecule is C=CCON=C(CCC)C1=C(O)CC(C2CCC(C)OC2)CC1=O. The van der Waals surface area contributed by atoms with Crippen LogP contribution in [0.3, 0.4) is 0 Å². The normalized spacial score (nSPS) is 28.8. The molecule has 1 aliphatic heterocycles. The number of ether oxygens (including phenoxy) is 1. The molecule has 0 radical (unpaired) electrons. The van der Waals surface area contributed by atoms with E-state index in [4.69, 9.17) is 9.57 Å². The second-order valence-corrected chi connectivity index (χ2v) is 6.77. The van der Waals surface area contributed by atoms with Gasteiger partial charge in [0, 0.05) is 12.8 Å². The van der Waals surface area contributed by atoms with Crippen molar-refractivity contribution in [3.05, 3.63) is 24.0 Å². The molecule has 3 unspecified atom stereocenters. The molecular formula is C19H29NO4. The minimum absolute atomic E-state index is 0.0308. The average molecular weight is 335 g/mol. The van der Waals surface area contributed by atoms with Crippen molar-refractivity contribution < 1.29 is 19.5 Å². The van der Waals surface area contributed by atoms with Gasteiger partial charge in [-0.1, -0.05) is 31.2 Å². The Hall–Kier alpha value is -1.62. The third-order valence-electron chi connectivity index (χ3n) is 4.82. The highest BCUT2D eigenvalue weighted by Gasteiger charge is 2.36. The molecule has 0 spiro atoms. The van der Waals surface area contributed by atoms with Crippen LogP contribution in [0.2, 0.25) is 0 Å². The van der Waals surface area contributed by atoms with Crippen molar-refractivity contribution in [1.29, 1.82) is 0 Å². The van der Waals surface area contributed by atoms with Crippen LogP contribution >= 0.6 is 0 Å². The van der Waals surface area contributed by atoms with Crippen molar-refractivity contribution in [1.82, 2.24) is 0 Å². The summed E-state index contributed by atoms with van der Waals surface area (Å²) >= 11 is 0. The lowest BCUT2D eigenvalue weighted by molar-refractivity contribution is -0.118. The molecular weight excluding hydrogens is 306 g/mol. The zero-order chi connectivity index (χ0) is 17.5. The molecule has 3 atom stereocenters. The van der Waals surface area contributed by atoms with E-state index in [2.05, 4.69) is 18.7 Å². The highest BCUT2D eigenvalue weighted by molar-refractivity contribution is 6.23. The average Bonchev–Trinajstić information content (AvgIpc) is 2.55. The van der Waals surface area contributed by atoms with Crippen LogP contribution in [0, 0.1) is 11.8 Å². The summed E-state index contributed by atoms with van der Waals surface area (Å²) in [5.41, 5.74) is 0.913. The van der Waals surface area contributed by atoms with Crippen molar-refractivity contribution in [2.24, 2.45) is 17.0 Å². The number of ketones is 1. The molecule has 24 heavy (non-hydrogen) atoms. The lowest BCUT2D eigenvalue weighted by Crippen LogP contribution is -2.34. The van der Waals surface area contributed by atoms with Gasteiger partial charge in [0.05, 0.1) is 24.0 Å². The summed E-state index contributed by atoms with van der Waals surface area (Å²) in [6.45, 7) is 8.64. The van der Waals surface area contributed by atoms with E-state index in [9.17, 15) is 9.90 Å². The summed E-state index contributed by atoms with van der Waals surface area (Å²) in [4.78, 5) is 17.8. The number of hydrogen-bond acceptors (Lipinski definition) is 5. The third kappa shape index (κ3) is 4.69. The van der Waals surface area contributed by atoms with Gasteiger partial charge in [-0.25, -0.2) is 0 Å². The number of Topliss-reactive ketones (excluding diaryl/α,β-unsaturated/α-hetero) is 1. The van der Waals surface area contributed by atoms with Crippen LogP contribution < -0.4 is 0 Å². The molecule has 0 amide bonds. The Labute approximate surface area is 144 Å². The lowest BCUT2D eigenvalue weighted by Gasteiger charge is -2.34. The standard InChI is InChI=1S/C19H29NO4/c1-4-6-16(20-24-9-5-2)19-17(21)10-15(11-18(19)22)14-8-7-13(3)23-12-14/h5,13-15,21H,2,4,6-12H2,1,3H3. The Morgan fingerprint density at radius 1 is 1.42 bits per heavy atom. The summed E-state index contributed by atoms with van der Waals surface area (Å²) in [7, 11) is 0. The topological polar surface area (TPSA) is 68.1 Å². The van der Waals surface area contributed by atoms with Gasteiger partial charge in [-0.05, 0) is 38.0 Å². The molecule has 0 aromatic carbocycles. The van der Waals surface area contributed by atoms with Gasteiger partial charge in [0.1, 0.15) is 12.4 Å². The van der Waals surface area contributed by atoms with Crippen molar-refractivity contribution in [2.45, 2.75) is 58.5 Å². The maximum absolute atomic E-state index is 12.7. The van der Waals surface area contributed by atoms with E-state index >= 15 is 0 Å². The zero-order valence-electron chi connectivity index (χ0n) is 14.8. The minimum Gasteiger partial charge on any atom is -0.511 e. The van der Waals surface area contributed by atoms with Crippen molar-refractivity contribution >= 4 is 11.5 Å². The predicted octanol–water partition coefficient (Wildman–Crippen LogP) is 3.95. The molecule has 1 saturated heterocycles. The molecule has 0 saturated carbocycles. The molecule has 1 heterocycles. The van der Waals surface area contributed by atoms with Gasteiger partial charge in [0.15, 0.2) is 5.78 Å². The van der Waals surface area contributed by atoms with Gasteiger partial charge in [-0.2, -0.15) is 0 Å². The van der Waals surface area contributed by atoms with Crippen molar-refractivity contribution in [2.75, 3.05) is 13.2 Å². The second-order valence-electron chi connectivity index (χ2n) is 6.77. The fourth-order valence-corrected chi connectivity index (χ4v) is 3.48. The highest BCUT2D eigenvalue weighted by Crippen LogP contribution is 2.36. The fourth-order valence-electron chi connectivity index (χ4n) is 3.48. The smallest absolute Gasteiger partial charge is 0.168 e. The van der Waals surface area contributed by atoms with E-state index in [1.165, 1.54) is 0 Å². The van der Waals surface area contributed by atoms with Crippen molar-refractivity contribution in [3.63, 3.8) is 0 Å². The van der Waals surface area contributed by atoms with Gasteiger partial charge in [0.25, 0.3) is 0 Å². The molecule has 5 nitrogen and oxygen atoms in total. The van der Waals surface area contributed by atoms with Crippen LogP contribution in [0.4, 0.5) is 0 Å². The first-order valence-electron chi connectivity index (χ1n) is 8.93. The van der Waals surface area contributed by atoms with E-state index in [1.54, 1.807) is 6.08 Å². The number of allylic oxidation sites excluding steroid dienone is 2. The molecule has 134 valence electrons. The van der Waals surface area contributed by atoms with Crippen LogP contribution in [-0.4, -0.2) is 35.9 Å². The van der Waals surface area contributed by atoms with E-state index in [-0.39, 0.29) is 24.1 Å². The largest absolute Gasteiger partial charge is 0.511 e. The summed E-state index contributed by atoms with van der Waals surface area (Å²) in [5, 5.41) is 14.6. The molecule has 1 N–H and O–H groups in total. The number of oxime groups is 1. The number of aliphatic hydroxyl groups excluding tert-OH is 1. The first kappa shape index (κ1) is 18.7. The number of hydrogen-bond donors (Lipinski definition) is 1. The Balaban J connectivity index is 2.12. The van der Waals surface area contributed by atoms with Crippen LogP contribution in [0.25, 0.3) is 0 Å². The molecule has 0 bridgehead atoms. The van der Waals surface area contributed by atoms with Gasteiger partial charge in [0.2, 0.25) is 0 Å². The molecule has 0 aromatic rings. The first-order valence-corrected chi connectivity index (χ1v) is 8.93.